The zero-order valence-electron chi connectivity index (χ0n) is 14.9. The van der Waals surface area contributed by atoms with Crippen LogP contribution in [0.1, 0.15) is 25.8 Å². The Kier molecular flexibility index (Phi) is 8.05. The molecule has 5 heteroatoms. The topological polar surface area (TPSA) is 42.5 Å². The van der Waals surface area contributed by atoms with Crippen LogP contribution in [-0.2, 0) is 6.42 Å². The maximum Gasteiger partial charge on any atom is 0.170 e. The average Bonchev–Trinajstić information content (AvgIpc) is 2.61. The summed E-state index contributed by atoms with van der Waals surface area (Å²) >= 11 is 5.34. The van der Waals surface area contributed by atoms with Crippen molar-refractivity contribution in [3.05, 3.63) is 54.1 Å². The number of thiocarbonyl (C=S) groups is 1. The summed E-state index contributed by atoms with van der Waals surface area (Å²) in [6, 6.07) is 16.0. The highest BCUT2D eigenvalue weighted by molar-refractivity contribution is 7.80. The Hall–Kier alpha value is -2.27. The highest BCUT2D eigenvalue weighted by Crippen LogP contribution is 2.17. The molecule has 0 aliphatic heterocycles. The maximum atomic E-state index is 5.49. The lowest BCUT2D eigenvalue weighted by Crippen LogP contribution is -2.29. The van der Waals surface area contributed by atoms with Crippen LogP contribution in [-0.4, -0.2) is 24.9 Å². The van der Waals surface area contributed by atoms with E-state index in [4.69, 9.17) is 21.7 Å². The van der Waals surface area contributed by atoms with Crippen LogP contribution in [0.15, 0.2) is 48.5 Å². The molecule has 0 unspecified atom stereocenters. The van der Waals surface area contributed by atoms with Gasteiger partial charge in [0.05, 0.1) is 13.2 Å². The normalized spacial score (nSPS) is 10.2. The maximum absolute atomic E-state index is 5.49. The lowest BCUT2D eigenvalue weighted by atomic mass is 10.1. The van der Waals surface area contributed by atoms with Gasteiger partial charge in [-0.2, -0.15) is 0 Å². The van der Waals surface area contributed by atoms with Gasteiger partial charge in [0.1, 0.15) is 11.5 Å². The molecule has 0 amide bonds. The molecule has 0 spiro atoms. The summed E-state index contributed by atoms with van der Waals surface area (Å²) in [5.74, 6) is 1.76. The van der Waals surface area contributed by atoms with Crippen molar-refractivity contribution in [1.29, 1.82) is 0 Å². The van der Waals surface area contributed by atoms with Gasteiger partial charge < -0.3 is 20.1 Å². The van der Waals surface area contributed by atoms with Crippen LogP contribution in [0, 0.1) is 0 Å². The fourth-order valence-electron chi connectivity index (χ4n) is 2.42. The molecule has 0 saturated heterocycles. The number of aryl methyl sites for hydroxylation is 1. The third kappa shape index (κ3) is 7.01. The molecule has 0 bridgehead atoms. The van der Waals surface area contributed by atoms with Crippen LogP contribution in [0.2, 0.25) is 0 Å². The van der Waals surface area contributed by atoms with Gasteiger partial charge in [-0.15, -0.1) is 0 Å². The molecule has 25 heavy (non-hydrogen) atoms. The Labute approximate surface area is 155 Å². The molecule has 2 aromatic rings. The van der Waals surface area contributed by atoms with E-state index in [0.717, 1.165) is 36.6 Å². The summed E-state index contributed by atoms with van der Waals surface area (Å²) in [6.45, 7) is 6.13. The van der Waals surface area contributed by atoms with Crippen LogP contribution < -0.4 is 20.1 Å². The van der Waals surface area contributed by atoms with E-state index in [1.807, 2.05) is 50.2 Å². The smallest absolute Gasteiger partial charge is 0.170 e. The summed E-state index contributed by atoms with van der Waals surface area (Å²) in [4.78, 5) is 0. The molecule has 0 saturated carbocycles. The fraction of sp³-hybridized carbons (Fsp3) is 0.350. The van der Waals surface area contributed by atoms with E-state index in [0.29, 0.717) is 18.3 Å². The van der Waals surface area contributed by atoms with Gasteiger partial charge in [-0.25, -0.2) is 0 Å². The molecule has 0 fully saturated rings. The Morgan fingerprint density at radius 2 is 1.68 bits per heavy atom. The monoisotopic (exact) mass is 358 g/mol. The third-order valence-electron chi connectivity index (χ3n) is 3.57. The Balaban J connectivity index is 1.69. The largest absolute Gasteiger partial charge is 0.494 e. The van der Waals surface area contributed by atoms with Crippen molar-refractivity contribution in [1.82, 2.24) is 5.32 Å². The second-order valence-electron chi connectivity index (χ2n) is 5.52. The van der Waals surface area contributed by atoms with Gasteiger partial charge >= 0.3 is 0 Å². The molecular weight excluding hydrogens is 332 g/mol. The van der Waals surface area contributed by atoms with Crippen molar-refractivity contribution in [2.45, 2.75) is 26.7 Å². The predicted molar refractivity (Wildman–Crippen MR) is 108 cm³/mol. The van der Waals surface area contributed by atoms with E-state index >= 15 is 0 Å². The number of ether oxygens (including phenoxy) is 2. The van der Waals surface area contributed by atoms with Crippen LogP contribution in [0.25, 0.3) is 0 Å². The van der Waals surface area contributed by atoms with Gasteiger partial charge in [-0.3, -0.25) is 0 Å². The number of hydrogen-bond acceptors (Lipinski definition) is 3. The standard InChI is InChI=1S/C20H26N2O2S/c1-3-23-18-12-10-16(11-13-18)7-6-14-21-20(25)22-17-8-5-9-19(15-17)24-4-2/h5,8-13,15H,3-4,6-7,14H2,1-2H3,(H2,21,22,25). The molecule has 0 radical (unpaired) electrons. The van der Waals surface area contributed by atoms with Crippen molar-refractivity contribution in [2.24, 2.45) is 0 Å². The van der Waals surface area contributed by atoms with E-state index in [9.17, 15) is 0 Å². The van der Waals surface area contributed by atoms with Gasteiger partial charge in [0, 0.05) is 18.3 Å². The summed E-state index contributed by atoms with van der Waals surface area (Å²) in [6.07, 6.45) is 2.01. The van der Waals surface area contributed by atoms with Gasteiger partial charge in [0.15, 0.2) is 5.11 Å². The highest BCUT2D eigenvalue weighted by atomic mass is 32.1. The van der Waals surface area contributed by atoms with Gasteiger partial charge in [0.25, 0.3) is 0 Å². The number of nitrogens with one attached hydrogen (secondary N) is 2. The number of benzene rings is 2. The fourth-order valence-corrected chi connectivity index (χ4v) is 2.64. The van der Waals surface area contributed by atoms with E-state index < -0.39 is 0 Å². The van der Waals surface area contributed by atoms with Crippen LogP contribution >= 0.6 is 12.2 Å². The lowest BCUT2D eigenvalue weighted by Gasteiger charge is -2.12. The number of anilines is 1. The van der Waals surface area contributed by atoms with Crippen molar-refractivity contribution in [3.8, 4) is 11.5 Å². The first-order valence-electron chi connectivity index (χ1n) is 8.70. The van der Waals surface area contributed by atoms with E-state index in [-0.39, 0.29) is 0 Å². The molecule has 0 heterocycles. The number of rotatable bonds is 9. The van der Waals surface area contributed by atoms with E-state index in [1.165, 1.54) is 5.56 Å². The van der Waals surface area contributed by atoms with Gasteiger partial charge in [-0.05, 0) is 68.7 Å². The van der Waals surface area contributed by atoms with E-state index in [2.05, 4.69) is 22.8 Å². The molecule has 2 rings (SSSR count). The minimum atomic E-state index is 0.625. The molecular formula is C20H26N2O2S. The molecule has 4 nitrogen and oxygen atoms in total. The molecule has 2 N–H and O–H groups in total. The zero-order valence-corrected chi connectivity index (χ0v) is 15.7. The molecule has 134 valence electrons. The van der Waals surface area contributed by atoms with Crippen molar-refractivity contribution >= 4 is 23.0 Å². The van der Waals surface area contributed by atoms with Crippen LogP contribution in [0.4, 0.5) is 5.69 Å². The summed E-state index contributed by atoms with van der Waals surface area (Å²) in [7, 11) is 0. The summed E-state index contributed by atoms with van der Waals surface area (Å²) in [5, 5.41) is 7.05. The first-order chi connectivity index (χ1) is 12.2. The van der Waals surface area contributed by atoms with Crippen molar-refractivity contribution in [3.63, 3.8) is 0 Å². The SMILES string of the molecule is CCOc1ccc(CCCNC(=S)Nc2cccc(OCC)c2)cc1. The molecule has 0 aromatic heterocycles. The van der Waals surface area contributed by atoms with Crippen LogP contribution in [0.3, 0.4) is 0 Å². The van der Waals surface area contributed by atoms with Gasteiger partial charge in [-0.1, -0.05) is 18.2 Å². The lowest BCUT2D eigenvalue weighted by molar-refractivity contribution is 0.340. The average molecular weight is 359 g/mol. The first-order valence-corrected chi connectivity index (χ1v) is 9.11. The van der Waals surface area contributed by atoms with Crippen molar-refractivity contribution in [2.75, 3.05) is 25.1 Å². The Morgan fingerprint density at radius 1 is 0.960 bits per heavy atom. The summed E-state index contributed by atoms with van der Waals surface area (Å²) < 4.78 is 10.9. The quantitative estimate of drug-likeness (QED) is 0.514. The molecule has 0 aliphatic carbocycles. The predicted octanol–water partition coefficient (Wildman–Crippen LogP) is 4.40. The Morgan fingerprint density at radius 3 is 2.40 bits per heavy atom. The molecule has 2 aromatic carbocycles. The minimum Gasteiger partial charge on any atom is -0.494 e. The highest BCUT2D eigenvalue weighted by Gasteiger charge is 2.00. The molecule has 0 aliphatic rings. The zero-order chi connectivity index (χ0) is 17.9. The van der Waals surface area contributed by atoms with Gasteiger partial charge in [0.2, 0.25) is 0 Å². The second kappa shape index (κ2) is 10.6. The first kappa shape index (κ1) is 19.1. The van der Waals surface area contributed by atoms with Crippen LogP contribution in [0.5, 0.6) is 11.5 Å². The Bertz CT molecular complexity index is 659. The van der Waals surface area contributed by atoms with E-state index in [1.54, 1.807) is 0 Å². The van der Waals surface area contributed by atoms with Crippen molar-refractivity contribution < 1.29 is 9.47 Å². The summed E-state index contributed by atoms with van der Waals surface area (Å²) in [5.41, 5.74) is 2.23. The number of hydrogen-bond donors (Lipinski definition) is 2. The second-order valence-corrected chi connectivity index (χ2v) is 5.93. The third-order valence-corrected chi connectivity index (χ3v) is 3.81. The molecule has 0 atom stereocenters. The minimum absolute atomic E-state index is 0.625.